The van der Waals surface area contributed by atoms with Crippen LogP contribution in [0.1, 0.15) is 46.5 Å². The zero-order valence-corrected chi connectivity index (χ0v) is 23.5. The predicted molar refractivity (Wildman–Crippen MR) is 146 cm³/mol. The van der Waals surface area contributed by atoms with Crippen LogP contribution in [-0.2, 0) is 21.2 Å². The van der Waals surface area contributed by atoms with Gasteiger partial charge < -0.3 is 19.5 Å². The standard InChI is InChI=1S/C27H28ClN3O8S/c1-4-17(2)38-27(34)39-24-12-7-19(16-30-24)25(32)31-40(35,36)21-9-5-18(6-10-21)13-14-29-26(33)22-15-20(37-3)8-11-23(22)28/h5-12,15-17H,4,13-14H2,1-3H3,(H,29,33)(H,31,32)/t17-/m0/s1. The summed E-state index contributed by atoms with van der Waals surface area (Å²) in [5.41, 5.74) is 0.975. The van der Waals surface area contributed by atoms with Crippen LogP contribution in [0.25, 0.3) is 0 Å². The van der Waals surface area contributed by atoms with E-state index in [0.717, 1.165) is 11.8 Å². The molecule has 0 spiro atoms. The monoisotopic (exact) mass is 589 g/mol. The molecule has 1 atom stereocenters. The number of hydrogen-bond donors (Lipinski definition) is 2. The number of nitrogens with one attached hydrogen (secondary N) is 2. The van der Waals surface area contributed by atoms with Crippen LogP contribution < -0.4 is 19.5 Å². The predicted octanol–water partition coefficient (Wildman–Crippen LogP) is 4.15. The third kappa shape index (κ3) is 8.42. The summed E-state index contributed by atoms with van der Waals surface area (Å²) in [4.78, 5) is 40.3. The Morgan fingerprint density at radius 3 is 2.38 bits per heavy atom. The van der Waals surface area contributed by atoms with Gasteiger partial charge >= 0.3 is 6.16 Å². The Hall–Kier alpha value is -4.16. The van der Waals surface area contributed by atoms with E-state index in [9.17, 15) is 22.8 Å². The first-order valence-corrected chi connectivity index (χ1v) is 14.0. The van der Waals surface area contributed by atoms with Crippen LogP contribution in [0.5, 0.6) is 11.6 Å². The molecule has 3 aromatic rings. The lowest BCUT2D eigenvalue weighted by molar-refractivity contribution is 0.0631. The third-order valence-corrected chi connectivity index (χ3v) is 7.31. The fraction of sp³-hybridized carbons (Fsp3) is 0.259. The number of carbonyl (C=O) groups excluding carboxylic acids is 3. The maximum Gasteiger partial charge on any atom is 0.515 e. The van der Waals surface area contributed by atoms with Crippen molar-refractivity contribution in [1.82, 2.24) is 15.0 Å². The topological polar surface area (TPSA) is 150 Å². The summed E-state index contributed by atoms with van der Waals surface area (Å²) in [5.74, 6) is -0.888. The van der Waals surface area contributed by atoms with Gasteiger partial charge in [0.15, 0.2) is 0 Å². The number of benzene rings is 2. The summed E-state index contributed by atoms with van der Waals surface area (Å²) >= 11 is 6.09. The average molecular weight is 590 g/mol. The van der Waals surface area contributed by atoms with Crippen molar-refractivity contribution in [2.75, 3.05) is 13.7 Å². The number of methoxy groups -OCH3 is 1. The number of nitrogens with zero attached hydrogens (tertiary/aromatic N) is 1. The Bertz CT molecular complexity index is 1460. The molecular weight excluding hydrogens is 562 g/mol. The molecule has 40 heavy (non-hydrogen) atoms. The Balaban J connectivity index is 1.53. The Labute approximate surface area is 236 Å². The first-order valence-electron chi connectivity index (χ1n) is 12.1. The SMILES string of the molecule is CC[C@H](C)OC(=O)Oc1ccc(C(=O)NS(=O)(=O)c2ccc(CCNC(=O)c3cc(OC)ccc3Cl)cc2)cn1. The van der Waals surface area contributed by atoms with E-state index in [-0.39, 0.29) is 45.5 Å². The molecule has 11 nitrogen and oxygen atoms in total. The molecule has 0 unspecified atom stereocenters. The summed E-state index contributed by atoms with van der Waals surface area (Å²) < 4.78 is 42.4. The van der Waals surface area contributed by atoms with Crippen LogP contribution in [0.4, 0.5) is 4.79 Å². The Kier molecular flexibility index (Phi) is 10.5. The second-order valence-corrected chi connectivity index (χ2v) is 10.6. The molecule has 0 aliphatic heterocycles. The molecule has 0 bridgehead atoms. The number of sulfonamides is 1. The highest BCUT2D eigenvalue weighted by Crippen LogP contribution is 2.22. The van der Waals surface area contributed by atoms with E-state index in [1.54, 1.807) is 31.2 Å². The second-order valence-electron chi connectivity index (χ2n) is 8.50. The second kappa shape index (κ2) is 13.8. The van der Waals surface area contributed by atoms with Gasteiger partial charge in [0.1, 0.15) is 11.9 Å². The highest BCUT2D eigenvalue weighted by Gasteiger charge is 2.20. The van der Waals surface area contributed by atoms with Crippen LogP contribution in [0.15, 0.2) is 65.7 Å². The van der Waals surface area contributed by atoms with E-state index < -0.39 is 22.1 Å². The van der Waals surface area contributed by atoms with Gasteiger partial charge in [-0.25, -0.2) is 22.9 Å². The number of carbonyl (C=O) groups is 3. The van der Waals surface area contributed by atoms with Gasteiger partial charge in [-0.05, 0) is 61.7 Å². The van der Waals surface area contributed by atoms with E-state index in [0.29, 0.717) is 18.6 Å². The quantitative estimate of drug-likeness (QED) is 0.314. The van der Waals surface area contributed by atoms with Gasteiger partial charge in [-0.3, -0.25) is 9.59 Å². The van der Waals surface area contributed by atoms with Gasteiger partial charge in [0.05, 0.1) is 28.2 Å². The molecule has 0 fully saturated rings. The zero-order valence-electron chi connectivity index (χ0n) is 22.0. The summed E-state index contributed by atoms with van der Waals surface area (Å²) in [7, 11) is -2.69. The van der Waals surface area contributed by atoms with Crippen molar-refractivity contribution in [3.8, 4) is 11.6 Å². The lowest BCUT2D eigenvalue weighted by atomic mass is 10.1. The van der Waals surface area contributed by atoms with Gasteiger partial charge in [0.2, 0.25) is 5.88 Å². The highest BCUT2D eigenvalue weighted by molar-refractivity contribution is 7.90. The van der Waals surface area contributed by atoms with Crippen LogP contribution >= 0.6 is 11.6 Å². The number of ether oxygens (including phenoxy) is 3. The van der Waals surface area contributed by atoms with E-state index >= 15 is 0 Å². The maximum absolute atomic E-state index is 12.7. The van der Waals surface area contributed by atoms with Crippen LogP contribution in [0.2, 0.25) is 5.02 Å². The van der Waals surface area contributed by atoms with E-state index in [1.165, 1.54) is 37.4 Å². The third-order valence-electron chi connectivity index (χ3n) is 5.64. The molecule has 0 saturated carbocycles. The van der Waals surface area contributed by atoms with Gasteiger partial charge in [0.25, 0.3) is 21.8 Å². The molecule has 0 aliphatic rings. The van der Waals surface area contributed by atoms with E-state index in [2.05, 4.69) is 10.3 Å². The van der Waals surface area contributed by atoms with Gasteiger partial charge in [-0.1, -0.05) is 30.7 Å². The smallest absolute Gasteiger partial charge is 0.497 e. The number of aromatic nitrogens is 1. The van der Waals surface area contributed by atoms with Crippen molar-refractivity contribution >= 4 is 39.6 Å². The van der Waals surface area contributed by atoms with E-state index in [1.807, 2.05) is 11.6 Å². The molecule has 2 amide bonds. The van der Waals surface area contributed by atoms with Crippen molar-refractivity contribution in [2.45, 2.75) is 37.7 Å². The minimum absolute atomic E-state index is 0.0604. The molecule has 2 aromatic carbocycles. The molecule has 0 aliphatic carbocycles. The molecule has 0 saturated heterocycles. The largest absolute Gasteiger partial charge is 0.515 e. The number of hydrogen-bond acceptors (Lipinski definition) is 9. The van der Waals surface area contributed by atoms with Crippen molar-refractivity contribution in [3.05, 3.63) is 82.5 Å². The maximum atomic E-state index is 12.7. The van der Waals surface area contributed by atoms with Gasteiger partial charge in [0, 0.05) is 18.8 Å². The summed E-state index contributed by atoms with van der Waals surface area (Å²) in [6, 6.07) is 13.1. The fourth-order valence-corrected chi connectivity index (χ4v) is 4.41. The molecule has 0 radical (unpaired) electrons. The fourth-order valence-electron chi connectivity index (χ4n) is 3.23. The average Bonchev–Trinajstić information content (AvgIpc) is 2.93. The number of rotatable bonds is 11. The lowest BCUT2D eigenvalue weighted by Crippen LogP contribution is -2.30. The minimum Gasteiger partial charge on any atom is -0.497 e. The number of pyridine rings is 1. The first-order chi connectivity index (χ1) is 19.0. The zero-order chi connectivity index (χ0) is 29.3. The molecule has 212 valence electrons. The van der Waals surface area contributed by atoms with Crippen molar-refractivity contribution < 1.29 is 37.0 Å². The minimum atomic E-state index is -4.18. The number of amides is 2. The Morgan fingerprint density at radius 2 is 1.75 bits per heavy atom. The molecular formula is C27H28ClN3O8S. The molecule has 3 rings (SSSR count). The number of halogens is 1. The van der Waals surface area contributed by atoms with E-state index in [4.69, 9.17) is 25.8 Å². The van der Waals surface area contributed by atoms with Crippen molar-refractivity contribution in [3.63, 3.8) is 0 Å². The summed E-state index contributed by atoms with van der Waals surface area (Å²) in [5, 5.41) is 3.05. The molecule has 2 N–H and O–H groups in total. The van der Waals surface area contributed by atoms with Crippen LogP contribution in [-0.4, -0.2) is 51.1 Å². The van der Waals surface area contributed by atoms with Gasteiger partial charge in [-0.15, -0.1) is 0 Å². The van der Waals surface area contributed by atoms with Crippen molar-refractivity contribution in [1.29, 1.82) is 0 Å². The first kappa shape index (κ1) is 30.4. The Morgan fingerprint density at radius 1 is 1.02 bits per heavy atom. The molecule has 1 aromatic heterocycles. The van der Waals surface area contributed by atoms with Crippen LogP contribution in [0.3, 0.4) is 0 Å². The molecule has 1 heterocycles. The summed E-state index contributed by atoms with van der Waals surface area (Å²) in [6.45, 7) is 3.82. The highest BCUT2D eigenvalue weighted by atomic mass is 35.5. The van der Waals surface area contributed by atoms with Gasteiger partial charge in [-0.2, -0.15) is 0 Å². The van der Waals surface area contributed by atoms with Crippen LogP contribution in [0, 0.1) is 0 Å². The van der Waals surface area contributed by atoms with Crippen molar-refractivity contribution in [2.24, 2.45) is 0 Å². The molecule has 13 heteroatoms. The summed E-state index contributed by atoms with van der Waals surface area (Å²) in [6.07, 6.45) is 0.839. The normalized spacial score (nSPS) is 11.7. The lowest BCUT2D eigenvalue weighted by Gasteiger charge is -2.11.